The molecule has 1 aromatic rings. The Labute approximate surface area is 124 Å². The van der Waals surface area contributed by atoms with Crippen LogP contribution in [0.5, 0.6) is 0 Å². The number of anilines is 1. The standard InChI is InChI=1S/C14H22ClN3O2/c1-4-5-11-12(15)16-9-17-13(11)18-6-10(7-19)20-14(2,3)8-18/h9-10,19H,4-8H2,1-3H3. The summed E-state index contributed by atoms with van der Waals surface area (Å²) in [5.41, 5.74) is 0.651. The molecule has 6 heteroatoms. The zero-order chi connectivity index (χ0) is 14.8. The number of aliphatic hydroxyl groups is 1. The number of rotatable bonds is 4. The number of nitrogens with zero attached hydrogens (tertiary/aromatic N) is 3. The van der Waals surface area contributed by atoms with Gasteiger partial charge in [-0.05, 0) is 20.3 Å². The van der Waals surface area contributed by atoms with Crippen molar-refractivity contribution in [2.24, 2.45) is 0 Å². The summed E-state index contributed by atoms with van der Waals surface area (Å²) < 4.78 is 5.84. The van der Waals surface area contributed by atoms with Crippen LogP contribution >= 0.6 is 11.6 Å². The second-order valence-corrected chi connectivity index (χ2v) is 6.14. The van der Waals surface area contributed by atoms with E-state index in [9.17, 15) is 5.11 Å². The number of ether oxygens (including phenoxy) is 1. The van der Waals surface area contributed by atoms with Crippen LogP contribution in [0.2, 0.25) is 5.15 Å². The van der Waals surface area contributed by atoms with Crippen LogP contribution in [0.4, 0.5) is 5.82 Å². The first kappa shape index (κ1) is 15.5. The largest absolute Gasteiger partial charge is 0.394 e. The molecule has 0 spiro atoms. The molecule has 0 aromatic carbocycles. The normalized spacial score (nSPS) is 22.1. The molecule has 0 radical (unpaired) electrons. The zero-order valence-corrected chi connectivity index (χ0v) is 13.0. The lowest BCUT2D eigenvalue weighted by atomic mass is 10.0. The van der Waals surface area contributed by atoms with E-state index in [2.05, 4.69) is 21.8 Å². The third-order valence-corrected chi connectivity index (χ3v) is 3.68. The van der Waals surface area contributed by atoms with Gasteiger partial charge in [0.2, 0.25) is 0 Å². The number of hydrogen-bond acceptors (Lipinski definition) is 5. The topological polar surface area (TPSA) is 58.5 Å². The third kappa shape index (κ3) is 3.40. The smallest absolute Gasteiger partial charge is 0.137 e. The molecule has 1 unspecified atom stereocenters. The van der Waals surface area contributed by atoms with Crippen LogP contribution in [0.15, 0.2) is 6.33 Å². The summed E-state index contributed by atoms with van der Waals surface area (Å²) in [6.45, 7) is 7.47. The van der Waals surface area contributed by atoms with Crippen LogP contribution in [-0.4, -0.2) is 46.5 Å². The van der Waals surface area contributed by atoms with Crippen LogP contribution in [0, 0.1) is 0 Å². The van der Waals surface area contributed by atoms with E-state index in [0.717, 1.165) is 24.2 Å². The second kappa shape index (κ2) is 6.24. The maximum absolute atomic E-state index is 9.40. The van der Waals surface area contributed by atoms with Gasteiger partial charge in [0.15, 0.2) is 0 Å². The van der Waals surface area contributed by atoms with Gasteiger partial charge in [0.25, 0.3) is 0 Å². The van der Waals surface area contributed by atoms with Crippen molar-refractivity contribution in [1.29, 1.82) is 0 Å². The average Bonchev–Trinajstić information content (AvgIpc) is 2.39. The number of morpholine rings is 1. The number of aliphatic hydroxyl groups excluding tert-OH is 1. The highest BCUT2D eigenvalue weighted by atomic mass is 35.5. The molecule has 0 saturated carbocycles. The molecule has 112 valence electrons. The van der Waals surface area contributed by atoms with Crippen LogP contribution in [0.25, 0.3) is 0 Å². The van der Waals surface area contributed by atoms with Crippen LogP contribution in [-0.2, 0) is 11.2 Å². The summed E-state index contributed by atoms with van der Waals surface area (Å²) in [6, 6.07) is 0. The van der Waals surface area contributed by atoms with E-state index in [0.29, 0.717) is 18.2 Å². The minimum atomic E-state index is -0.327. The van der Waals surface area contributed by atoms with Gasteiger partial charge < -0.3 is 14.7 Å². The monoisotopic (exact) mass is 299 g/mol. The molecule has 0 aliphatic carbocycles. The molecule has 5 nitrogen and oxygen atoms in total. The van der Waals surface area contributed by atoms with Gasteiger partial charge in [-0.25, -0.2) is 9.97 Å². The van der Waals surface area contributed by atoms with E-state index >= 15 is 0 Å². The first-order valence-electron chi connectivity index (χ1n) is 7.00. The first-order valence-corrected chi connectivity index (χ1v) is 7.37. The van der Waals surface area contributed by atoms with Crippen molar-refractivity contribution in [3.8, 4) is 0 Å². The van der Waals surface area contributed by atoms with Gasteiger partial charge in [0.05, 0.1) is 18.3 Å². The van der Waals surface area contributed by atoms with Crippen molar-refractivity contribution in [3.63, 3.8) is 0 Å². The van der Waals surface area contributed by atoms with Crippen molar-refractivity contribution in [1.82, 2.24) is 9.97 Å². The summed E-state index contributed by atoms with van der Waals surface area (Å²) in [6.07, 6.45) is 3.11. The maximum atomic E-state index is 9.40. The van der Waals surface area contributed by atoms with Gasteiger partial charge in [0.1, 0.15) is 17.3 Å². The fourth-order valence-corrected chi connectivity index (χ4v) is 2.89. The van der Waals surface area contributed by atoms with Crippen LogP contribution in [0.3, 0.4) is 0 Å². The van der Waals surface area contributed by atoms with Gasteiger partial charge in [-0.15, -0.1) is 0 Å². The fraction of sp³-hybridized carbons (Fsp3) is 0.714. The Balaban J connectivity index is 2.32. The molecule has 20 heavy (non-hydrogen) atoms. The summed E-state index contributed by atoms with van der Waals surface area (Å²) in [5, 5.41) is 9.92. The molecule has 1 atom stereocenters. The van der Waals surface area contributed by atoms with Crippen LogP contribution < -0.4 is 4.90 Å². The molecule has 1 aromatic heterocycles. The molecular weight excluding hydrogens is 278 g/mol. The molecule has 1 N–H and O–H groups in total. The Bertz CT molecular complexity index is 468. The molecule has 1 saturated heterocycles. The minimum Gasteiger partial charge on any atom is -0.394 e. The molecule has 0 bridgehead atoms. The highest BCUT2D eigenvalue weighted by Gasteiger charge is 2.34. The molecule has 1 fully saturated rings. The van der Waals surface area contributed by atoms with Gasteiger partial charge in [-0.1, -0.05) is 24.9 Å². The SMILES string of the molecule is CCCc1c(Cl)ncnc1N1CC(CO)OC(C)(C)C1. The maximum Gasteiger partial charge on any atom is 0.137 e. The quantitative estimate of drug-likeness (QED) is 0.863. The summed E-state index contributed by atoms with van der Waals surface area (Å²) >= 11 is 6.21. The lowest BCUT2D eigenvalue weighted by Crippen LogP contribution is -2.54. The van der Waals surface area contributed by atoms with E-state index in [1.165, 1.54) is 6.33 Å². The summed E-state index contributed by atoms with van der Waals surface area (Å²) in [7, 11) is 0. The van der Waals surface area contributed by atoms with Gasteiger partial charge in [-0.2, -0.15) is 0 Å². The Hall–Kier alpha value is -0.910. The number of hydrogen-bond donors (Lipinski definition) is 1. The highest BCUT2D eigenvalue weighted by molar-refractivity contribution is 6.30. The van der Waals surface area contributed by atoms with Crippen LogP contribution in [0.1, 0.15) is 32.8 Å². The average molecular weight is 300 g/mol. The van der Waals surface area contributed by atoms with E-state index in [1.807, 2.05) is 13.8 Å². The van der Waals surface area contributed by atoms with E-state index in [-0.39, 0.29) is 18.3 Å². The van der Waals surface area contributed by atoms with E-state index in [4.69, 9.17) is 16.3 Å². The number of halogens is 1. The predicted octanol–water partition coefficient (Wildman–Crippen LogP) is 2.06. The Morgan fingerprint density at radius 1 is 1.50 bits per heavy atom. The molecule has 2 rings (SSSR count). The molecular formula is C14H22ClN3O2. The third-order valence-electron chi connectivity index (χ3n) is 3.35. The summed E-state index contributed by atoms with van der Waals surface area (Å²) in [5.74, 6) is 0.863. The predicted molar refractivity (Wildman–Crippen MR) is 79.3 cm³/mol. The van der Waals surface area contributed by atoms with Gasteiger partial charge in [0, 0.05) is 18.7 Å². The van der Waals surface area contributed by atoms with Crippen molar-refractivity contribution in [2.45, 2.75) is 45.3 Å². The Kier molecular flexibility index (Phi) is 4.83. The van der Waals surface area contributed by atoms with E-state index < -0.39 is 0 Å². The summed E-state index contributed by atoms with van der Waals surface area (Å²) in [4.78, 5) is 10.6. The lowest BCUT2D eigenvalue weighted by Gasteiger charge is -2.43. The van der Waals surface area contributed by atoms with Crippen molar-refractivity contribution < 1.29 is 9.84 Å². The zero-order valence-electron chi connectivity index (χ0n) is 12.3. The molecule has 2 heterocycles. The van der Waals surface area contributed by atoms with E-state index in [1.54, 1.807) is 0 Å². The minimum absolute atomic E-state index is 0.00184. The number of aromatic nitrogens is 2. The second-order valence-electron chi connectivity index (χ2n) is 5.78. The van der Waals surface area contributed by atoms with Crippen molar-refractivity contribution >= 4 is 17.4 Å². The Morgan fingerprint density at radius 3 is 2.90 bits per heavy atom. The highest BCUT2D eigenvalue weighted by Crippen LogP contribution is 2.30. The van der Waals surface area contributed by atoms with Crippen molar-refractivity contribution in [2.75, 3.05) is 24.6 Å². The first-order chi connectivity index (χ1) is 9.46. The van der Waals surface area contributed by atoms with Crippen molar-refractivity contribution in [3.05, 3.63) is 17.0 Å². The fourth-order valence-electron chi connectivity index (χ4n) is 2.67. The molecule has 1 aliphatic rings. The van der Waals surface area contributed by atoms with Gasteiger partial charge >= 0.3 is 0 Å². The lowest BCUT2D eigenvalue weighted by molar-refractivity contribution is -0.101. The van der Waals surface area contributed by atoms with Gasteiger partial charge in [-0.3, -0.25) is 0 Å². The molecule has 1 aliphatic heterocycles. The Morgan fingerprint density at radius 2 is 2.25 bits per heavy atom. The molecule has 0 amide bonds.